The van der Waals surface area contributed by atoms with E-state index < -0.39 is 0 Å². The van der Waals surface area contributed by atoms with Gasteiger partial charge in [0.1, 0.15) is 0 Å². The van der Waals surface area contributed by atoms with Crippen LogP contribution in [0.4, 0.5) is 0 Å². The van der Waals surface area contributed by atoms with Gasteiger partial charge in [0, 0.05) is 18.0 Å². The molecular formula is C24H25N3O2S. The lowest BCUT2D eigenvalue weighted by Gasteiger charge is -2.16. The molecule has 2 N–H and O–H groups in total. The summed E-state index contributed by atoms with van der Waals surface area (Å²) in [4.78, 5) is 30.2. The van der Waals surface area contributed by atoms with Crippen molar-refractivity contribution in [1.82, 2.24) is 15.6 Å². The molecule has 1 saturated carbocycles. The van der Waals surface area contributed by atoms with Gasteiger partial charge in [-0.25, -0.2) is 4.98 Å². The first kappa shape index (κ1) is 20.4. The molecule has 0 aliphatic heterocycles. The van der Waals surface area contributed by atoms with Crippen LogP contribution in [-0.4, -0.2) is 28.1 Å². The Hall–Kier alpha value is -2.86. The number of hydrogen-bond acceptors (Lipinski definition) is 4. The summed E-state index contributed by atoms with van der Waals surface area (Å²) in [5.74, 6) is -0.0928. The van der Waals surface area contributed by atoms with Crippen LogP contribution < -0.4 is 10.6 Å². The highest BCUT2D eigenvalue weighted by Crippen LogP contribution is 2.29. The molecule has 1 fully saturated rings. The molecule has 1 atom stereocenters. The van der Waals surface area contributed by atoms with Crippen molar-refractivity contribution in [3.63, 3.8) is 0 Å². The fourth-order valence-electron chi connectivity index (χ4n) is 3.26. The number of aromatic nitrogens is 1. The fourth-order valence-corrected chi connectivity index (χ4v) is 4.24. The third-order valence-corrected chi connectivity index (χ3v) is 6.37. The number of hydrogen-bond donors (Lipinski definition) is 2. The van der Waals surface area contributed by atoms with Crippen LogP contribution in [0, 0.1) is 0 Å². The van der Waals surface area contributed by atoms with Crippen molar-refractivity contribution in [3.8, 4) is 0 Å². The van der Waals surface area contributed by atoms with E-state index in [1.807, 2.05) is 67.6 Å². The van der Waals surface area contributed by atoms with Crippen molar-refractivity contribution in [1.29, 1.82) is 0 Å². The van der Waals surface area contributed by atoms with Gasteiger partial charge in [0.05, 0.1) is 21.4 Å². The van der Waals surface area contributed by atoms with Crippen LogP contribution in [0.2, 0.25) is 0 Å². The molecular weight excluding hydrogens is 394 g/mol. The van der Waals surface area contributed by atoms with Crippen molar-refractivity contribution < 1.29 is 9.59 Å². The largest absolute Gasteiger partial charge is 0.351 e. The number of benzene rings is 2. The van der Waals surface area contributed by atoms with Gasteiger partial charge >= 0.3 is 0 Å². The molecule has 4 rings (SSSR count). The second kappa shape index (κ2) is 9.30. The van der Waals surface area contributed by atoms with Gasteiger partial charge in [0.15, 0.2) is 0 Å². The third kappa shape index (κ3) is 5.00. The Morgan fingerprint density at radius 2 is 1.83 bits per heavy atom. The summed E-state index contributed by atoms with van der Waals surface area (Å²) < 4.78 is 0. The van der Waals surface area contributed by atoms with Crippen LogP contribution in [-0.2, 0) is 11.3 Å². The molecule has 2 aromatic carbocycles. The monoisotopic (exact) mass is 419 g/mol. The molecule has 1 aromatic heterocycles. The smallest absolute Gasteiger partial charge is 0.252 e. The van der Waals surface area contributed by atoms with Gasteiger partial charge in [-0.1, -0.05) is 67.2 Å². The highest BCUT2D eigenvalue weighted by Gasteiger charge is 2.26. The van der Waals surface area contributed by atoms with E-state index in [1.54, 1.807) is 0 Å². The van der Waals surface area contributed by atoms with Crippen molar-refractivity contribution in [2.45, 2.75) is 49.0 Å². The molecule has 6 heteroatoms. The van der Waals surface area contributed by atoms with Gasteiger partial charge in [0.2, 0.25) is 5.91 Å². The van der Waals surface area contributed by atoms with Crippen molar-refractivity contribution in [3.05, 3.63) is 71.8 Å². The van der Waals surface area contributed by atoms with Crippen LogP contribution >= 0.6 is 11.8 Å². The Balaban J connectivity index is 1.52. The summed E-state index contributed by atoms with van der Waals surface area (Å²) in [7, 11) is 0. The summed E-state index contributed by atoms with van der Waals surface area (Å²) in [6.45, 7) is 2.48. The molecule has 1 aliphatic carbocycles. The van der Waals surface area contributed by atoms with Gasteiger partial charge < -0.3 is 10.6 Å². The summed E-state index contributed by atoms with van der Waals surface area (Å²) in [5.41, 5.74) is 2.45. The third-order valence-electron chi connectivity index (χ3n) is 5.09. The van der Waals surface area contributed by atoms with Crippen LogP contribution in [0.25, 0.3) is 10.9 Å². The number of nitrogens with one attached hydrogen (secondary N) is 2. The maximum absolute atomic E-state index is 12.8. The number of pyridine rings is 1. The lowest BCUT2D eigenvalue weighted by molar-refractivity contribution is -0.120. The van der Waals surface area contributed by atoms with E-state index >= 15 is 0 Å². The normalized spacial score (nSPS) is 14.3. The number of fused-ring (bicyclic) bond motifs is 1. The first-order valence-electron chi connectivity index (χ1n) is 10.3. The topological polar surface area (TPSA) is 71.1 Å². The minimum Gasteiger partial charge on any atom is -0.351 e. The van der Waals surface area contributed by atoms with E-state index in [4.69, 9.17) is 4.98 Å². The zero-order chi connectivity index (χ0) is 20.9. The molecule has 0 radical (unpaired) electrons. The average molecular weight is 420 g/mol. The van der Waals surface area contributed by atoms with E-state index in [1.165, 1.54) is 11.8 Å². The second-order valence-corrected chi connectivity index (χ2v) is 8.71. The molecule has 3 aromatic rings. The van der Waals surface area contributed by atoms with E-state index in [2.05, 4.69) is 10.6 Å². The Labute approximate surface area is 180 Å². The van der Waals surface area contributed by atoms with E-state index in [9.17, 15) is 9.59 Å². The van der Waals surface area contributed by atoms with Crippen molar-refractivity contribution >= 4 is 34.5 Å². The average Bonchev–Trinajstić information content (AvgIpc) is 3.60. The number of amides is 2. The molecule has 0 saturated heterocycles. The maximum Gasteiger partial charge on any atom is 0.252 e. The molecule has 0 spiro atoms. The maximum atomic E-state index is 12.8. The Bertz CT molecular complexity index is 1050. The minimum atomic E-state index is -0.276. The molecule has 5 nitrogen and oxygen atoms in total. The predicted molar refractivity (Wildman–Crippen MR) is 120 cm³/mol. The Morgan fingerprint density at radius 1 is 1.10 bits per heavy atom. The first-order chi connectivity index (χ1) is 14.6. The minimum absolute atomic E-state index is 0.0229. The number of nitrogens with zero attached hydrogens (tertiary/aromatic N) is 1. The Morgan fingerprint density at radius 3 is 2.57 bits per heavy atom. The highest BCUT2D eigenvalue weighted by molar-refractivity contribution is 8.00. The van der Waals surface area contributed by atoms with Gasteiger partial charge in [-0.15, -0.1) is 0 Å². The second-order valence-electron chi connectivity index (χ2n) is 7.49. The lowest BCUT2D eigenvalue weighted by Crippen LogP contribution is -2.32. The van der Waals surface area contributed by atoms with Crippen molar-refractivity contribution in [2.75, 3.05) is 0 Å². The van der Waals surface area contributed by atoms with E-state index in [0.29, 0.717) is 23.6 Å². The molecule has 1 unspecified atom stereocenters. The fraction of sp³-hybridized carbons (Fsp3) is 0.292. The quantitative estimate of drug-likeness (QED) is 0.534. The predicted octanol–water partition coefficient (Wildman–Crippen LogP) is 4.31. The molecule has 2 amide bonds. The van der Waals surface area contributed by atoms with Gasteiger partial charge in [0.25, 0.3) is 5.91 Å². The number of thioether (sulfide) groups is 1. The number of carbonyl (C=O) groups excluding carboxylic acids is 2. The van der Waals surface area contributed by atoms with Crippen molar-refractivity contribution in [2.24, 2.45) is 0 Å². The number of para-hydroxylation sites is 1. The highest BCUT2D eigenvalue weighted by atomic mass is 32.2. The van der Waals surface area contributed by atoms with Crippen LogP contribution in [0.3, 0.4) is 0 Å². The zero-order valence-electron chi connectivity index (χ0n) is 16.9. The molecule has 1 heterocycles. The van der Waals surface area contributed by atoms with Gasteiger partial charge in [-0.3, -0.25) is 9.59 Å². The molecule has 1 aliphatic rings. The summed E-state index contributed by atoms with van der Waals surface area (Å²) in [5, 5.41) is 7.32. The summed E-state index contributed by atoms with van der Waals surface area (Å²) >= 11 is 1.41. The number of carbonyl (C=O) groups is 2. The van der Waals surface area contributed by atoms with Gasteiger partial charge in [-0.05, 0) is 37.0 Å². The lowest BCUT2D eigenvalue weighted by atomic mass is 10.1. The van der Waals surface area contributed by atoms with E-state index in [-0.39, 0.29) is 23.1 Å². The Kier molecular flexibility index (Phi) is 6.33. The van der Waals surface area contributed by atoms with Crippen LogP contribution in [0.1, 0.15) is 42.1 Å². The van der Waals surface area contributed by atoms with Crippen LogP contribution in [0.15, 0.2) is 65.7 Å². The SMILES string of the molecule is CCC(Sc1cc(C(=O)NC2CC2)c2ccccc2n1)C(=O)NCc1ccccc1. The van der Waals surface area contributed by atoms with Crippen LogP contribution in [0.5, 0.6) is 0 Å². The standard InChI is InChI=1S/C24H25N3O2S/c1-2-21(24(29)25-15-16-8-4-3-5-9-16)30-22-14-19(23(28)26-17-12-13-17)18-10-6-7-11-20(18)27-22/h3-11,14,17,21H,2,12-13,15H2,1H3,(H,25,29)(H,26,28). The van der Waals surface area contributed by atoms with E-state index in [0.717, 1.165) is 29.3 Å². The summed E-state index contributed by atoms with van der Waals surface area (Å²) in [6, 6.07) is 19.6. The zero-order valence-corrected chi connectivity index (χ0v) is 17.7. The molecule has 154 valence electrons. The summed E-state index contributed by atoms with van der Waals surface area (Å²) in [6.07, 6.45) is 2.75. The number of rotatable bonds is 8. The van der Waals surface area contributed by atoms with Gasteiger partial charge in [-0.2, -0.15) is 0 Å². The molecule has 30 heavy (non-hydrogen) atoms. The molecule has 0 bridgehead atoms. The first-order valence-corrected chi connectivity index (χ1v) is 11.2.